The molecule has 1 aliphatic heterocycles. The van der Waals surface area contributed by atoms with E-state index in [0.29, 0.717) is 0 Å². The summed E-state index contributed by atoms with van der Waals surface area (Å²) in [6, 6.07) is 0.760. The maximum atomic E-state index is 3.84. The van der Waals surface area contributed by atoms with Crippen LogP contribution in [0, 0.1) is 0 Å². The molecule has 0 aromatic heterocycles. The summed E-state index contributed by atoms with van der Waals surface area (Å²) in [5, 5.41) is 3.84. The zero-order valence-electron chi connectivity index (χ0n) is 14.9. The first kappa shape index (κ1) is 18.9. The Morgan fingerprint density at radius 1 is 0.857 bits per heavy atom. The average molecular weight is 298 g/mol. The molecule has 0 saturated carbocycles. The van der Waals surface area contributed by atoms with Crippen LogP contribution in [0.3, 0.4) is 0 Å². The number of rotatable bonds is 12. The van der Waals surface area contributed by atoms with Gasteiger partial charge in [0.25, 0.3) is 0 Å². The normalized spacial score (nSPS) is 17.7. The first-order valence-corrected chi connectivity index (χ1v) is 9.40. The first-order valence-electron chi connectivity index (χ1n) is 9.40. The number of nitrogens with one attached hydrogen (secondary N) is 1. The Balaban J connectivity index is 2.14. The Morgan fingerprint density at radius 2 is 1.43 bits per heavy atom. The Bertz CT molecular complexity index is 215. The van der Waals surface area contributed by atoms with Gasteiger partial charge in [-0.05, 0) is 19.9 Å². The van der Waals surface area contributed by atoms with Crippen LogP contribution in [0.25, 0.3) is 0 Å². The van der Waals surface area contributed by atoms with Crippen LogP contribution in [-0.4, -0.2) is 62.2 Å². The van der Waals surface area contributed by atoms with Crippen LogP contribution in [0.1, 0.15) is 65.2 Å². The minimum absolute atomic E-state index is 0.760. The van der Waals surface area contributed by atoms with Crippen molar-refractivity contribution in [3.8, 4) is 0 Å². The van der Waals surface area contributed by atoms with Gasteiger partial charge in [0.2, 0.25) is 0 Å². The minimum Gasteiger partial charge on any atom is -0.313 e. The standard InChI is InChI=1S/C18H39N3/c1-4-6-8-10-18(11-9-7-5-2)19-12-13-21-16-14-20(3)15-17-21/h18-19H,4-17H2,1-3H3. The average Bonchev–Trinajstić information content (AvgIpc) is 2.49. The fraction of sp³-hybridized carbons (Fsp3) is 1.00. The van der Waals surface area contributed by atoms with Crippen molar-refractivity contribution in [1.82, 2.24) is 15.1 Å². The highest BCUT2D eigenvalue weighted by molar-refractivity contribution is 4.72. The van der Waals surface area contributed by atoms with Crippen LogP contribution in [0.5, 0.6) is 0 Å². The number of likely N-dealkylation sites (N-methyl/N-ethyl adjacent to an activating group) is 1. The van der Waals surface area contributed by atoms with E-state index in [0.717, 1.165) is 6.04 Å². The molecule has 0 aliphatic carbocycles. The Morgan fingerprint density at radius 3 is 1.95 bits per heavy atom. The summed E-state index contributed by atoms with van der Waals surface area (Å²) < 4.78 is 0. The van der Waals surface area contributed by atoms with Gasteiger partial charge in [-0.3, -0.25) is 4.90 Å². The summed E-state index contributed by atoms with van der Waals surface area (Å²) in [6.07, 6.45) is 11.0. The molecule has 1 rings (SSSR count). The molecular formula is C18H39N3. The van der Waals surface area contributed by atoms with Crippen molar-refractivity contribution in [3.63, 3.8) is 0 Å². The number of hydrogen-bond donors (Lipinski definition) is 1. The molecule has 1 saturated heterocycles. The van der Waals surface area contributed by atoms with Gasteiger partial charge in [-0.15, -0.1) is 0 Å². The fourth-order valence-electron chi connectivity index (χ4n) is 3.13. The van der Waals surface area contributed by atoms with Crippen molar-refractivity contribution >= 4 is 0 Å². The van der Waals surface area contributed by atoms with E-state index in [9.17, 15) is 0 Å². The summed E-state index contributed by atoms with van der Waals surface area (Å²) >= 11 is 0. The molecule has 21 heavy (non-hydrogen) atoms. The zero-order valence-corrected chi connectivity index (χ0v) is 14.9. The summed E-state index contributed by atoms with van der Waals surface area (Å²) in [5.41, 5.74) is 0. The van der Waals surface area contributed by atoms with Crippen LogP contribution in [0.4, 0.5) is 0 Å². The van der Waals surface area contributed by atoms with Crippen molar-refractivity contribution in [3.05, 3.63) is 0 Å². The lowest BCUT2D eigenvalue weighted by molar-refractivity contribution is 0.153. The molecule has 0 aromatic rings. The predicted molar refractivity (Wildman–Crippen MR) is 94.0 cm³/mol. The summed E-state index contributed by atoms with van der Waals surface area (Å²) in [4.78, 5) is 5.05. The van der Waals surface area contributed by atoms with Crippen LogP contribution < -0.4 is 5.32 Å². The maximum Gasteiger partial charge on any atom is 0.0110 e. The smallest absolute Gasteiger partial charge is 0.0110 e. The molecule has 1 heterocycles. The lowest BCUT2D eigenvalue weighted by Crippen LogP contribution is -2.47. The molecule has 0 radical (unpaired) electrons. The van der Waals surface area contributed by atoms with Gasteiger partial charge in [-0.1, -0.05) is 52.4 Å². The monoisotopic (exact) mass is 297 g/mol. The Hall–Kier alpha value is -0.120. The van der Waals surface area contributed by atoms with Crippen LogP contribution >= 0.6 is 0 Å². The third-order valence-electron chi connectivity index (χ3n) is 4.77. The third-order valence-corrected chi connectivity index (χ3v) is 4.77. The van der Waals surface area contributed by atoms with Crippen LogP contribution in [-0.2, 0) is 0 Å². The van der Waals surface area contributed by atoms with Gasteiger partial charge in [0.05, 0.1) is 0 Å². The van der Waals surface area contributed by atoms with E-state index >= 15 is 0 Å². The molecule has 0 bridgehead atoms. The lowest BCUT2D eigenvalue weighted by Gasteiger charge is -2.32. The zero-order chi connectivity index (χ0) is 15.3. The largest absolute Gasteiger partial charge is 0.313 e. The number of hydrogen-bond acceptors (Lipinski definition) is 3. The molecule has 0 aromatic carbocycles. The van der Waals surface area contributed by atoms with Gasteiger partial charge in [-0.25, -0.2) is 0 Å². The molecule has 3 nitrogen and oxygen atoms in total. The molecule has 0 unspecified atom stereocenters. The van der Waals surface area contributed by atoms with Crippen LogP contribution in [0.2, 0.25) is 0 Å². The Kier molecular flexibility index (Phi) is 11.2. The van der Waals surface area contributed by atoms with Gasteiger partial charge >= 0.3 is 0 Å². The molecule has 1 aliphatic rings. The molecule has 126 valence electrons. The SMILES string of the molecule is CCCCCC(CCCCC)NCCN1CCN(C)CC1. The molecule has 0 atom stereocenters. The number of piperazine rings is 1. The van der Waals surface area contributed by atoms with Crippen molar-refractivity contribution in [2.75, 3.05) is 46.3 Å². The van der Waals surface area contributed by atoms with E-state index in [2.05, 4.69) is 36.0 Å². The summed E-state index contributed by atoms with van der Waals surface area (Å²) in [7, 11) is 2.23. The minimum atomic E-state index is 0.760. The molecule has 0 spiro atoms. The second-order valence-corrected chi connectivity index (χ2v) is 6.79. The van der Waals surface area contributed by atoms with Gasteiger partial charge in [0.15, 0.2) is 0 Å². The van der Waals surface area contributed by atoms with E-state index in [1.807, 2.05) is 0 Å². The molecule has 0 amide bonds. The van der Waals surface area contributed by atoms with E-state index in [4.69, 9.17) is 0 Å². The third kappa shape index (κ3) is 9.49. The summed E-state index contributed by atoms with van der Waals surface area (Å²) in [5.74, 6) is 0. The summed E-state index contributed by atoms with van der Waals surface area (Å²) in [6.45, 7) is 12.0. The van der Waals surface area contributed by atoms with Gasteiger partial charge in [-0.2, -0.15) is 0 Å². The number of unbranched alkanes of at least 4 members (excludes halogenated alkanes) is 4. The van der Waals surface area contributed by atoms with Crippen molar-refractivity contribution in [2.45, 2.75) is 71.3 Å². The maximum absolute atomic E-state index is 3.84. The highest BCUT2D eigenvalue weighted by Gasteiger charge is 2.14. The van der Waals surface area contributed by atoms with E-state index in [1.165, 1.54) is 90.6 Å². The van der Waals surface area contributed by atoms with Crippen molar-refractivity contribution in [1.29, 1.82) is 0 Å². The first-order chi connectivity index (χ1) is 10.3. The van der Waals surface area contributed by atoms with Crippen molar-refractivity contribution in [2.24, 2.45) is 0 Å². The highest BCUT2D eigenvalue weighted by Crippen LogP contribution is 2.11. The molecule has 1 fully saturated rings. The van der Waals surface area contributed by atoms with E-state index < -0.39 is 0 Å². The van der Waals surface area contributed by atoms with E-state index in [1.54, 1.807) is 0 Å². The lowest BCUT2D eigenvalue weighted by atomic mass is 10.0. The second kappa shape index (κ2) is 12.4. The van der Waals surface area contributed by atoms with Gasteiger partial charge in [0, 0.05) is 45.3 Å². The molecular weight excluding hydrogens is 258 g/mol. The highest BCUT2D eigenvalue weighted by atomic mass is 15.2. The predicted octanol–water partition coefficient (Wildman–Crippen LogP) is 3.35. The van der Waals surface area contributed by atoms with Gasteiger partial charge < -0.3 is 10.2 Å². The topological polar surface area (TPSA) is 18.5 Å². The van der Waals surface area contributed by atoms with Crippen LogP contribution in [0.15, 0.2) is 0 Å². The molecule has 1 N–H and O–H groups in total. The fourth-order valence-corrected chi connectivity index (χ4v) is 3.13. The molecule has 3 heteroatoms. The number of nitrogens with zero attached hydrogens (tertiary/aromatic N) is 2. The second-order valence-electron chi connectivity index (χ2n) is 6.79. The van der Waals surface area contributed by atoms with Gasteiger partial charge in [0.1, 0.15) is 0 Å². The Labute approximate surface area is 133 Å². The van der Waals surface area contributed by atoms with E-state index in [-0.39, 0.29) is 0 Å². The van der Waals surface area contributed by atoms with Crippen molar-refractivity contribution < 1.29 is 0 Å². The quantitative estimate of drug-likeness (QED) is 0.557.